The Kier molecular flexibility index (Phi) is 3.31. The van der Waals surface area contributed by atoms with Gasteiger partial charge in [-0.3, -0.25) is 0 Å². The lowest BCUT2D eigenvalue weighted by Crippen LogP contribution is -2.10. The maximum absolute atomic E-state index is 13.2. The minimum atomic E-state index is -0.288. The van der Waals surface area contributed by atoms with Crippen LogP contribution in [0.3, 0.4) is 0 Å². The fourth-order valence-corrected chi connectivity index (χ4v) is 3.33. The molecule has 0 amide bonds. The lowest BCUT2D eigenvalue weighted by Gasteiger charge is -2.23. The second kappa shape index (κ2) is 5.21. The van der Waals surface area contributed by atoms with E-state index in [9.17, 15) is 4.39 Å². The second-order valence-electron chi connectivity index (χ2n) is 5.53. The molecule has 6 heteroatoms. The van der Waals surface area contributed by atoms with Gasteiger partial charge < -0.3 is 0 Å². The lowest BCUT2D eigenvalue weighted by molar-refractivity contribution is 0.411. The highest BCUT2D eigenvalue weighted by Crippen LogP contribution is 2.41. The summed E-state index contributed by atoms with van der Waals surface area (Å²) in [5.74, 6) is 0.119. The zero-order valence-corrected chi connectivity index (χ0v) is 13.1. The highest BCUT2D eigenvalue weighted by molar-refractivity contribution is 6.37. The Balaban J connectivity index is 1.99. The molecule has 0 spiro atoms. The van der Waals surface area contributed by atoms with Crippen molar-refractivity contribution in [2.75, 3.05) is 0 Å². The van der Waals surface area contributed by atoms with Crippen LogP contribution in [-0.2, 0) is 0 Å². The van der Waals surface area contributed by atoms with E-state index < -0.39 is 0 Å². The van der Waals surface area contributed by atoms with Crippen molar-refractivity contribution >= 4 is 34.2 Å². The lowest BCUT2D eigenvalue weighted by atomic mass is 9.82. The highest BCUT2D eigenvalue weighted by Gasteiger charge is 2.27. The molecule has 3 nitrogen and oxygen atoms in total. The first-order valence-electron chi connectivity index (χ1n) is 7.14. The summed E-state index contributed by atoms with van der Waals surface area (Å²) in [5, 5.41) is 6.43. The van der Waals surface area contributed by atoms with Crippen molar-refractivity contribution in [2.24, 2.45) is 0 Å². The van der Waals surface area contributed by atoms with Crippen LogP contribution in [0.4, 0.5) is 4.39 Å². The third kappa shape index (κ3) is 2.18. The van der Waals surface area contributed by atoms with Crippen LogP contribution in [0.1, 0.15) is 30.9 Å². The van der Waals surface area contributed by atoms with Gasteiger partial charge in [-0.05, 0) is 43.2 Å². The van der Waals surface area contributed by atoms with Crippen molar-refractivity contribution in [3.63, 3.8) is 0 Å². The molecule has 0 N–H and O–H groups in total. The van der Waals surface area contributed by atoms with Crippen LogP contribution in [0.5, 0.6) is 0 Å². The van der Waals surface area contributed by atoms with Gasteiger partial charge in [-0.15, -0.1) is 0 Å². The first kappa shape index (κ1) is 14.0. The summed E-state index contributed by atoms with van der Waals surface area (Å²) in [5.41, 5.74) is 2.31. The Morgan fingerprint density at radius 2 is 1.86 bits per heavy atom. The molecule has 1 saturated carbocycles. The molecule has 1 aromatic carbocycles. The number of benzene rings is 1. The summed E-state index contributed by atoms with van der Waals surface area (Å²) in [4.78, 5) is 4.38. The van der Waals surface area contributed by atoms with Crippen molar-refractivity contribution < 1.29 is 4.39 Å². The van der Waals surface area contributed by atoms with Gasteiger partial charge in [0.15, 0.2) is 5.65 Å². The van der Waals surface area contributed by atoms with E-state index in [2.05, 4.69) is 4.98 Å². The molecule has 0 aliphatic heterocycles. The quantitative estimate of drug-likeness (QED) is 0.607. The van der Waals surface area contributed by atoms with Crippen LogP contribution >= 0.6 is 23.2 Å². The Bertz CT molecular complexity index is 854. The molecule has 3 aromatic rings. The molecule has 0 unspecified atom stereocenters. The van der Waals surface area contributed by atoms with Crippen LogP contribution in [-0.4, -0.2) is 14.8 Å². The van der Waals surface area contributed by atoms with Gasteiger partial charge in [0.2, 0.25) is 0 Å². The van der Waals surface area contributed by atoms with Crippen LogP contribution in [0.2, 0.25) is 10.2 Å². The molecular formula is C16H12Cl2FN3. The third-order valence-electron chi connectivity index (χ3n) is 4.15. The number of hydrogen-bond donors (Lipinski definition) is 0. The molecule has 1 aliphatic rings. The summed E-state index contributed by atoms with van der Waals surface area (Å²) in [6, 6.07) is 7.78. The summed E-state index contributed by atoms with van der Waals surface area (Å²) < 4.78 is 14.8. The smallest absolute Gasteiger partial charge is 0.166 e. The predicted molar refractivity (Wildman–Crippen MR) is 85.4 cm³/mol. The average Bonchev–Trinajstić information content (AvgIpc) is 2.77. The van der Waals surface area contributed by atoms with E-state index in [0.29, 0.717) is 21.7 Å². The summed E-state index contributed by atoms with van der Waals surface area (Å²) in [7, 11) is 0. The van der Waals surface area contributed by atoms with Crippen molar-refractivity contribution in [3.8, 4) is 5.69 Å². The van der Waals surface area contributed by atoms with Crippen LogP contribution in [0, 0.1) is 5.82 Å². The fourth-order valence-electron chi connectivity index (χ4n) is 2.80. The molecule has 0 atom stereocenters. The molecule has 22 heavy (non-hydrogen) atoms. The largest absolute Gasteiger partial charge is 0.216 e. The van der Waals surface area contributed by atoms with Gasteiger partial charge in [-0.2, -0.15) is 5.10 Å². The van der Waals surface area contributed by atoms with Crippen LogP contribution in [0.15, 0.2) is 30.3 Å². The number of halogens is 3. The number of fused-ring (bicyclic) bond motifs is 1. The fraction of sp³-hybridized carbons (Fsp3) is 0.250. The maximum Gasteiger partial charge on any atom is 0.166 e. The van der Waals surface area contributed by atoms with Gasteiger partial charge in [0.1, 0.15) is 11.0 Å². The molecule has 2 heterocycles. The molecule has 0 radical (unpaired) electrons. The van der Waals surface area contributed by atoms with E-state index in [1.807, 2.05) is 0 Å². The number of rotatable bonds is 2. The van der Waals surface area contributed by atoms with Gasteiger partial charge in [-0.1, -0.05) is 29.6 Å². The summed E-state index contributed by atoms with van der Waals surface area (Å²) >= 11 is 12.4. The van der Waals surface area contributed by atoms with Crippen LogP contribution in [0.25, 0.3) is 16.7 Å². The third-order valence-corrected chi connectivity index (χ3v) is 4.64. The zero-order chi connectivity index (χ0) is 15.3. The second-order valence-corrected chi connectivity index (χ2v) is 6.32. The number of hydrogen-bond acceptors (Lipinski definition) is 2. The van der Waals surface area contributed by atoms with Gasteiger partial charge >= 0.3 is 0 Å². The summed E-state index contributed by atoms with van der Waals surface area (Å²) in [6.07, 6.45) is 3.41. The van der Waals surface area contributed by atoms with Gasteiger partial charge in [0.25, 0.3) is 0 Å². The monoisotopic (exact) mass is 335 g/mol. The minimum absolute atomic E-state index is 0.288. The van der Waals surface area contributed by atoms with E-state index in [0.717, 1.165) is 29.6 Å². The molecule has 1 fully saturated rings. The van der Waals surface area contributed by atoms with Crippen molar-refractivity contribution in [1.82, 2.24) is 14.8 Å². The van der Waals surface area contributed by atoms with Crippen LogP contribution < -0.4 is 0 Å². The number of pyridine rings is 1. The Morgan fingerprint density at radius 3 is 2.50 bits per heavy atom. The molecule has 0 bridgehead atoms. The maximum atomic E-state index is 13.2. The number of nitrogens with zero attached hydrogens (tertiary/aromatic N) is 3. The van der Waals surface area contributed by atoms with E-state index in [1.54, 1.807) is 22.9 Å². The molecular weight excluding hydrogens is 324 g/mol. The Labute approximate surface area is 136 Å². The molecule has 2 aromatic heterocycles. The SMILES string of the molecule is Fc1ccc(-n2nc(C3CCC3)c3c(Cl)cc(Cl)nc32)cc1. The molecule has 4 rings (SSSR count). The van der Waals surface area contributed by atoms with E-state index in [1.165, 1.54) is 18.6 Å². The van der Waals surface area contributed by atoms with E-state index in [4.69, 9.17) is 28.3 Å². The standard InChI is InChI=1S/C16H12Cl2FN3/c17-12-8-13(18)20-16-14(12)15(9-2-1-3-9)21-22(16)11-6-4-10(19)5-7-11/h4-9H,1-3H2. The van der Waals surface area contributed by atoms with Crippen molar-refractivity contribution in [2.45, 2.75) is 25.2 Å². The molecule has 112 valence electrons. The summed E-state index contributed by atoms with van der Waals surface area (Å²) in [6.45, 7) is 0. The molecule has 0 saturated heterocycles. The van der Waals surface area contributed by atoms with Gasteiger partial charge in [0.05, 0.1) is 21.8 Å². The minimum Gasteiger partial charge on any atom is -0.216 e. The Hall–Kier alpha value is -1.65. The van der Waals surface area contributed by atoms with Crippen molar-refractivity contribution in [3.05, 3.63) is 52.0 Å². The molecule has 1 aliphatic carbocycles. The first-order chi connectivity index (χ1) is 10.6. The Morgan fingerprint density at radius 1 is 1.14 bits per heavy atom. The number of aromatic nitrogens is 3. The topological polar surface area (TPSA) is 30.7 Å². The van der Waals surface area contributed by atoms with E-state index in [-0.39, 0.29) is 5.82 Å². The zero-order valence-electron chi connectivity index (χ0n) is 11.6. The average molecular weight is 336 g/mol. The first-order valence-corrected chi connectivity index (χ1v) is 7.89. The van der Waals surface area contributed by atoms with Gasteiger partial charge in [-0.25, -0.2) is 14.1 Å². The van der Waals surface area contributed by atoms with E-state index >= 15 is 0 Å². The highest BCUT2D eigenvalue weighted by atomic mass is 35.5. The predicted octanol–water partition coefficient (Wildman–Crippen LogP) is 5.13. The van der Waals surface area contributed by atoms with Gasteiger partial charge in [0, 0.05) is 5.92 Å². The van der Waals surface area contributed by atoms with Crippen molar-refractivity contribution in [1.29, 1.82) is 0 Å². The normalized spacial score (nSPS) is 15.2.